The van der Waals surface area contributed by atoms with Crippen LogP contribution in [-0.4, -0.2) is 17.1 Å². The number of hydrogen-bond acceptors (Lipinski definition) is 6. The van der Waals surface area contributed by atoms with E-state index in [1.165, 1.54) is 6.33 Å². The van der Waals surface area contributed by atoms with Gasteiger partial charge in [0.25, 0.3) is 0 Å². The molecule has 152 valence electrons. The molecule has 6 nitrogen and oxygen atoms in total. The topological polar surface area (TPSA) is 72.5 Å². The van der Waals surface area contributed by atoms with Crippen molar-refractivity contribution in [3.05, 3.63) is 90.0 Å². The highest BCUT2D eigenvalue weighted by Gasteiger charge is 2.08. The molecule has 0 bridgehead atoms. The number of fused-ring (bicyclic) bond motifs is 2. The fourth-order valence-electron chi connectivity index (χ4n) is 3.47. The van der Waals surface area contributed by atoms with Gasteiger partial charge in [-0.2, -0.15) is 5.10 Å². The fraction of sp³-hybridized carbons (Fsp3) is 0.0800. The Labute approximate surface area is 178 Å². The lowest BCUT2D eigenvalue weighted by Gasteiger charge is -2.08. The number of hydrogen-bond donors (Lipinski definition) is 1. The molecule has 1 N–H and O–H groups in total. The van der Waals surface area contributed by atoms with Crippen LogP contribution in [0.5, 0.6) is 5.75 Å². The van der Waals surface area contributed by atoms with Crippen molar-refractivity contribution in [3.8, 4) is 17.1 Å². The molecular formula is C25H20N4O2. The molecule has 2 heterocycles. The number of rotatable bonds is 4. The van der Waals surface area contributed by atoms with Crippen molar-refractivity contribution in [1.82, 2.24) is 9.97 Å². The summed E-state index contributed by atoms with van der Waals surface area (Å²) in [4.78, 5) is 8.67. The molecule has 5 aromatic rings. The Balaban J connectivity index is 1.65. The van der Waals surface area contributed by atoms with Gasteiger partial charge in [0.05, 0.1) is 18.0 Å². The number of anilines is 1. The first-order chi connectivity index (χ1) is 15.2. The molecule has 0 unspecified atom stereocenters. The van der Waals surface area contributed by atoms with Gasteiger partial charge in [0.15, 0.2) is 5.82 Å². The Hall–Kier alpha value is -4.19. The highest BCUT2D eigenvalue weighted by molar-refractivity contribution is 5.88. The molecule has 0 fully saturated rings. The summed E-state index contributed by atoms with van der Waals surface area (Å²) < 4.78 is 11.5. The maximum absolute atomic E-state index is 6.21. The maximum Gasteiger partial charge on any atom is 0.157 e. The summed E-state index contributed by atoms with van der Waals surface area (Å²) in [5.74, 6) is 2.16. The molecule has 5 rings (SSSR count). The number of nitrogens with zero attached hydrogens (tertiary/aromatic N) is 3. The van der Waals surface area contributed by atoms with Crippen molar-refractivity contribution >= 4 is 27.7 Å². The van der Waals surface area contributed by atoms with E-state index in [9.17, 15) is 0 Å². The van der Waals surface area contributed by atoms with Crippen molar-refractivity contribution in [1.29, 1.82) is 0 Å². The number of methoxy groups -OCH3 is 1. The van der Waals surface area contributed by atoms with Gasteiger partial charge in [-0.25, -0.2) is 9.97 Å². The summed E-state index contributed by atoms with van der Waals surface area (Å²) in [6, 6.07) is 23.6. The number of aromatic nitrogens is 2. The molecule has 0 aliphatic carbocycles. The van der Waals surface area contributed by atoms with Gasteiger partial charge in [0.2, 0.25) is 0 Å². The van der Waals surface area contributed by atoms with Crippen LogP contribution in [-0.2, 0) is 0 Å². The molecule has 0 saturated heterocycles. The average Bonchev–Trinajstić information content (AvgIpc) is 2.82. The molecule has 31 heavy (non-hydrogen) atoms. The first kappa shape index (κ1) is 18.8. The second kappa shape index (κ2) is 7.91. The largest absolute Gasteiger partial charge is 0.497 e. The predicted molar refractivity (Wildman–Crippen MR) is 122 cm³/mol. The maximum atomic E-state index is 6.21. The summed E-state index contributed by atoms with van der Waals surface area (Å²) >= 11 is 0. The Morgan fingerprint density at radius 1 is 0.903 bits per heavy atom. The van der Waals surface area contributed by atoms with Crippen LogP contribution in [0, 0.1) is 6.92 Å². The standard InChI is InChI=1S/C25H20N4O2/c1-16-7-12-19-22(28-29-25-20-5-3-4-6-21(20)26-15-27-25)14-23(31-24(19)13-16)17-8-10-18(30-2)11-9-17/h3-15H,1-2H3,(H,26,27,29). The van der Waals surface area contributed by atoms with Crippen LogP contribution in [0.15, 0.2) is 88.6 Å². The molecular weight excluding hydrogens is 388 g/mol. The zero-order valence-corrected chi connectivity index (χ0v) is 17.2. The molecule has 0 amide bonds. The van der Waals surface area contributed by atoms with E-state index in [0.717, 1.165) is 44.1 Å². The normalized spacial score (nSPS) is 11.7. The Morgan fingerprint density at radius 3 is 2.58 bits per heavy atom. The first-order valence-electron chi connectivity index (χ1n) is 9.90. The number of ether oxygens (including phenoxy) is 1. The second-order valence-corrected chi connectivity index (χ2v) is 7.19. The van der Waals surface area contributed by atoms with Crippen LogP contribution in [0.4, 0.5) is 5.82 Å². The van der Waals surface area contributed by atoms with Crippen LogP contribution in [0.2, 0.25) is 0 Å². The van der Waals surface area contributed by atoms with Crippen LogP contribution < -0.4 is 15.5 Å². The molecule has 6 heteroatoms. The highest BCUT2D eigenvalue weighted by atomic mass is 16.5. The zero-order chi connectivity index (χ0) is 21.2. The van der Waals surface area contributed by atoms with Crippen molar-refractivity contribution in [2.45, 2.75) is 6.92 Å². The molecule has 3 aromatic carbocycles. The van der Waals surface area contributed by atoms with Gasteiger partial charge in [-0.1, -0.05) is 18.2 Å². The Morgan fingerprint density at radius 2 is 1.74 bits per heavy atom. The third kappa shape index (κ3) is 3.71. The van der Waals surface area contributed by atoms with Crippen LogP contribution in [0.25, 0.3) is 33.2 Å². The third-order valence-corrected chi connectivity index (χ3v) is 5.10. The van der Waals surface area contributed by atoms with Crippen LogP contribution in [0.3, 0.4) is 0 Å². The monoisotopic (exact) mass is 408 g/mol. The Bertz CT molecular complexity index is 1450. The van der Waals surface area contributed by atoms with Crippen LogP contribution >= 0.6 is 0 Å². The number of para-hydroxylation sites is 1. The number of aryl methyl sites for hydroxylation is 1. The van der Waals surface area contributed by atoms with E-state index < -0.39 is 0 Å². The van der Waals surface area contributed by atoms with Gasteiger partial charge >= 0.3 is 0 Å². The first-order valence-corrected chi connectivity index (χ1v) is 9.90. The Kier molecular flexibility index (Phi) is 4.80. The lowest BCUT2D eigenvalue weighted by atomic mass is 10.1. The highest BCUT2D eigenvalue weighted by Crippen LogP contribution is 2.25. The SMILES string of the molecule is COc1ccc(-c2cc(=NNc3ncnc4ccccc34)c3ccc(C)cc3o2)cc1. The van der Waals surface area contributed by atoms with E-state index in [1.807, 2.05) is 79.7 Å². The molecule has 0 atom stereocenters. The van der Waals surface area contributed by atoms with E-state index >= 15 is 0 Å². The van der Waals surface area contributed by atoms with Gasteiger partial charge in [-0.05, 0) is 61.0 Å². The summed E-state index contributed by atoms with van der Waals surface area (Å²) in [6.45, 7) is 2.04. The van der Waals surface area contributed by atoms with E-state index in [-0.39, 0.29) is 0 Å². The van der Waals surface area contributed by atoms with Crippen LogP contribution in [0.1, 0.15) is 5.56 Å². The average molecular weight is 408 g/mol. The minimum Gasteiger partial charge on any atom is -0.497 e. The van der Waals surface area contributed by atoms with Gasteiger partial charge < -0.3 is 9.15 Å². The van der Waals surface area contributed by atoms with Crippen molar-refractivity contribution < 1.29 is 9.15 Å². The summed E-state index contributed by atoms with van der Waals surface area (Å²) in [5, 5.41) is 7.26. The zero-order valence-electron chi connectivity index (χ0n) is 17.2. The molecule has 0 spiro atoms. The quantitative estimate of drug-likeness (QED) is 0.409. The molecule has 2 aromatic heterocycles. The van der Waals surface area contributed by atoms with Gasteiger partial charge in [0.1, 0.15) is 23.4 Å². The summed E-state index contributed by atoms with van der Waals surface area (Å²) in [5.41, 5.74) is 6.80. The van der Waals surface area contributed by atoms with Gasteiger partial charge in [-0.3, -0.25) is 5.43 Å². The predicted octanol–water partition coefficient (Wildman–Crippen LogP) is 5.29. The van der Waals surface area contributed by atoms with Crippen molar-refractivity contribution in [2.24, 2.45) is 5.10 Å². The second-order valence-electron chi connectivity index (χ2n) is 7.19. The molecule has 0 aliphatic heterocycles. The van der Waals surface area contributed by atoms with E-state index in [1.54, 1.807) is 7.11 Å². The number of benzene rings is 3. The minimum atomic E-state index is 0.651. The third-order valence-electron chi connectivity index (χ3n) is 5.10. The summed E-state index contributed by atoms with van der Waals surface area (Å²) in [6.07, 6.45) is 1.53. The van der Waals surface area contributed by atoms with E-state index in [4.69, 9.17) is 9.15 Å². The number of nitrogens with one attached hydrogen (secondary N) is 1. The van der Waals surface area contributed by atoms with Crippen molar-refractivity contribution in [3.63, 3.8) is 0 Å². The van der Waals surface area contributed by atoms with E-state index in [0.29, 0.717) is 11.6 Å². The van der Waals surface area contributed by atoms with E-state index in [2.05, 4.69) is 20.5 Å². The minimum absolute atomic E-state index is 0.651. The lowest BCUT2D eigenvalue weighted by Crippen LogP contribution is -2.08. The van der Waals surface area contributed by atoms with Crippen molar-refractivity contribution in [2.75, 3.05) is 12.5 Å². The van der Waals surface area contributed by atoms with Gasteiger partial charge in [-0.15, -0.1) is 0 Å². The lowest BCUT2D eigenvalue weighted by molar-refractivity contribution is 0.415. The smallest absolute Gasteiger partial charge is 0.157 e. The molecule has 0 saturated carbocycles. The summed E-state index contributed by atoms with van der Waals surface area (Å²) in [7, 11) is 1.65. The molecule has 0 aliphatic rings. The molecule has 0 radical (unpaired) electrons. The van der Waals surface area contributed by atoms with Gasteiger partial charge in [0, 0.05) is 22.4 Å². The fourth-order valence-corrected chi connectivity index (χ4v) is 3.47.